The minimum Gasteiger partial charge on any atom is -0.484 e. The van der Waals surface area contributed by atoms with Crippen molar-refractivity contribution in [1.29, 1.82) is 0 Å². The summed E-state index contributed by atoms with van der Waals surface area (Å²) in [6.07, 6.45) is 14.7. The number of ether oxygens (including phenoxy) is 7. The first-order valence-corrected chi connectivity index (χ1v) is 25.0. The third-order valence-corrected chi connectivity index (χ3v) is 14.3. The molecule has 0 radical (unpaired) electrons. The predicted octanol–water partition coefficient (Wildman–Crippen LogP) is 9.64. The summed E-state index contributed by atoms with van der Waals surface area (Å²) < 4.78 is 41.3. The number of allylic oxidation sites excluding steroid dienone is 8. The van der Waals surface area contributed by atoms with E-state index in [-0.39, 0.29) is 64.3 Å². The second kappa shape index (κ2) is 23.8. The van der Waals surface area contributed by atoms with Crippen molar-refractivity contribution < 1.29 is 57.8 Å². The zero-order chi connectivity index (χ0) is 50.9. The Morgan fingerprint density at radius 3 is 1.63 bits per heavy atom. The lowest BCUT2D eigenvalue weighted by atomic mass is 9.84. The van der Waals surface area contributed by atoms with E-state index in [0.717, 1.165) is 37.7 Å². The van der Waals surface area contributed by atoms with Gasteiger partial charge in [-0.25, -0.2) is 4.79 Å². The highest BCUT2D eigenvalue weighted by Crippen LogP contribution is 2.49. The molecule has 70 heavy (non-hydrogen) atoms. The molecule has 2 aromatic carbocycles. The van der Waals surface area contributed by atoms with E-state index < -0.39 is 35.4 Å². The number of hydrogen-bond acceptors (Lipinski definition) is 12. The van der Waals surface area contributed by atoms with E-state index in [1.165, 1.54) is 48.5 Å². The molecular formula is C56H78N2O12. The third-order valence-electron chi connectivity index (χ3n) is 14.3. The van der Waals surface area contributed by atoms with Crippen molar-refractivity contribution in [2.45, 2.75) is 175 Å². The van der Waals surface area contributed by atoms with Crippen LogP contribution >= 0.6 is 0 Å². The highest BCUT2D eigenvalue weighted by molar-refractivity contribution is 6.02. The Balaban J connectivity index is 1.19. The lowest BCUT2D eigenvalue weighted by molar-refractivity contribution is -0.146. The van der Waals surface area contributed by atoms with Gasteiger partial charge in [0.1, 0.15) is 40.2 Å². The number of esters is 1. The number of carbonyl (C=O) groups is 3. The van der Waals surface area contributed by atoms with Crippen LogP contribution in [0.4, 0.5) is 0 Å². The molecule has 2 N–H and O–H groups in total. The molecule has 384 valence electrons. The molecule has 0 bridgehead atoms. The standard InChI is InChI=1S/C56H78N2O12/c1-35(2)17-12-19-37(5)21-14-24-55(7)48(59)29-41-46(67-33-64-9)27-39-43(50(41)69-55)31-57(52(39)61)26-16-23-45(54(63)66-11)58-32-44-40(53(58)62)28-47(68-34-65-10)42-30-49(60)56(8,70-51(42)44)25-15-22-38(6)20-13-18-36(3)4/h17-18,21-22,27-28,45,48-49,59-60H,12-16,19-20,23-26,29-34H2,1-11H3/b37-21+,38-22+/t45-,48-,49-,55+,56+/m0/s1. The summed E-state index contributed by atoms with van der Waals surface area (Å²) in [5.41, 5.74) is 6.74. The van der Waals surface area contributed by atoms with Crippen LogP contribution in [0.2, 0.25) is 0 Å². The van der Waals surface area contributed by atoms with Gasteiger partial charge >= 0.3 is 5.97 Å². The molecule has 4 heterocycles. The van der Waals surface area contributed by atoms with Crippen LogP contribution in [0.1, 0.15) is 163 Å². The van der Waals surface area contributed by atoms with Crippen LogP contribution in [0.25, 0.3) is 0 Å². The number of aliphatic hydroxyl groups excluding tert-OH is 2. The van der Waals surface area contributed by atoms with Crippen molar-refractivity contribution >= 4 is 17.8 Å². The minimum atomic E-state index is -0.971. The van der Waals surface area contributed by atoms with E-state index in [1.54, 1.807) is 17.0 Å². The SMILES string of the molecule is COCOc1cc2c(c3c1C[C@H](O)[C@@](C)(CC/C=C(\C)CCC=C(C)C)O3)CN(CCC[C@@H](C(=O)OC)N1Cc3c(cc(OCOC)c4c3O[C@](C)(CC/C=C(\C)CCC=C(C)C)[C@@H](O)C4)C1=O)C2=O. The van der Waals surface area contributed by atoms with Crippen LogP contribution < -0.4 is 18.9 Å². The summed E-state index contributed by atoms with van der Waals surface area (Å²) in [6, 6.07) is 2.40. The Morgan fingerprint density at radius 2 is 1.17 bits per heavy atom. The summed E-state index contributed by atoms with van der Waals surface area (Å²) in [7, 11) is 4.33. The van der Waals surface area contributed by atoms with Gasteiger partial charge in [-0.15, -0.1) is 0 Å². The van der Waals surface area contributed by atoms with E-state index in [1.807, 2.05) is 13.8 Å². The molecule has 5 atom stereocenters. The van der Waals surface area contributed by atoms with Gasteiger partial charge in [-0.3, -0.25) is 9.59 Å². The Kier molecular flexibility index (Phi) is 18.5. The number of methoxy groups -OCH3 is 3. The minimum absolute atomic E-state index is 0.0479. The number of fused-ring (bicyclic) bond motifs is 6. The molecule has 14 nitrogen and oxygen atoms in total. The molecular weight excluding hydrogens is 893 g/mol. The molecule has 0 fully saturated rings. The van der Waals surface area contributed by atoms with Gasteiger partial charge < -0.3 is 53.2 Å². The smallest absolute Gasteiger partial charge is 0.328 e. The third kappa shape index (κ3) is 12.5. The molecule has 0 spiro atoms. The zero-order valence-electron chi connectivity index (χ0n) is 43.6. The summed E-state index contributed by atoms with van der Waals surface area (Å²) >= 11 is 0. The maximum absolute atomic E-state index is 14.5. The van der Waals surface area contributed by atoms with Crippen molar-refractivity contribution in [1.82, 2.24) is 9.80 Å². The van der Waals surface area contributed by atoms with E-state index in [9.17, 15) is 24.6 Å². The number of benzene rings is 2. The second-order valence-electron chi connectivity index (χ2n) is 20.4. The number of nitrogens with zero attached hydrogens (tertiary/aromatic N) is 2. The van der Waals surface area contributed by atoms with Crippen LogP contribution in [-0.4, -0.2) is 109 Å². The first-order valence-electron chi connectivity index (χ1n) is 25.0. The van der Waals surface area contributed by atoms with Crippen LogP contribution in [0.15, 0.2) is 58.7 Å². The number of aliphatic hydroxyl groups is 2. The average molecular weight is 971 g/mol. The molecule has 0 aliphatic carbocycles. The van der Waals surface area contributed by atoms with E-state index in [0.29, 0.717) is 76.5 Å². The van der Waals surface area contributed by atoms with E-state index >= 15 is 0 Å². The number of carbonyl (C=O) groups excluding carboxylic acids is 3. The van der Waals surface area contributed by atoms with Crippen molar-refractivity contribution in [3.05, 3.63) is 92.1 Å². The highest BCUT2D eigenvalue weighted by Gasteiger charge is 2.47. The van der Waals surface area contributed by atoms with Crippen molar-refractivity contribution in [2.75, 3.05) is 41.5 Å². The second-order valence-corrected chi connectivity index (χ2v) is 20.4. The fraction of sp³-hybridized carbons (Fsp3) is 0.589. The van der Waals surface area contributed by atoms with Crippen LogP contribution in [0.5, 0.6) is 23.0 Å². The molecule has 4 aliphatic rings. The molecule has 6 rings (SSSR count). The van der Waals surface area contributed by atoms with Crippen LogP contribution in [0, 0.1) is 0 Å². The van der Waals surface area contributed by atoms with Gasteiger partial charge in [0.2, 0.25) is 0 Å². The summed E-state index contributed by atoms with van der Waals surface area (Å²) in [5, 5.41) is 23.1. The number of amides is 2. The van der Waals surface area contributed by atoms with Gasteiger partial charge in [-0.05, 0) is 132 Å². The average Bonchev–Trinajstić information content (AvgIpc) is 3.81. The predicted molar refractivity (Wildman–Crippen MR) is 268 cm³/mol. The summed E-state index contributed by atoms with van der Waals surface area (Å²) in [5.74, 6) is 0.663. The summed E-state index contributed by atoms with van der Waals surface area (Å²) in [6.45, 7) is 17.0. The Labute approximate surface area is 415 Å². The molecule has 2 amide bonds. The van der Waals surface area contributed by atoms with Crippen molar-refractivity contribution in [3.8, 4) is 23.0 Å². The fourth-order valence-electron chi connectivity index (χ4n) is 10.00. The molecule has 0 saturated heterocycles. The maximum Gasteiger partial charge on any atom is 0.328 e. The first kappa shape index (κ1) is 54.2. The topological polar surface area (TPSA) is 163 Å². The summed E-state index contributed by atoms with van der Waals surface area (Å²) in [4.78, 5) is 45.6. The van der Waals surface area contributed by atoms with Crippen LogP contribution in [0.3, 0.4) is 0 Å². The van der Waals surface area contributed by atoms with Gasteiger partial charge in [-0.1, -0.05) is 46.6 Å². The normalized spacial score (nSPS) is 22.1. The van der Waals surface area contributed by atoms with E-state index in [4.69, 9.17) is 33.2 Å². The van der Waals surface area contributed by atoms with Gasteiger partial charge in [0.15, 0.2) is 13.6 Å². The fourth-order valence-corrected chi connectivity index (χ4v) is 10.00. The monoisotopic (exact) mass is 971 g/mol. The number of rotatable bonds is 24. The van der Waals surface area contributed by atoms with Crippen LogP contribution in [-0.2, 0) is 44.9 Å². The van der Waals surface area contributed by atoms with Gasteiger partial charge in [0.05, 0.1) is 43.5 Å². The Bertz CT molecular complexity index is 2360. The van der Waals surface area contributed by atoms with Gasteiger partial charge in [0, 0.05) is 55.9 Å². The molecule has 0 saturated carbocycles. The van der Waals surface area contributed by atoms with Gasteiger partial charge in [0.25, 0.3) is 11.8 Å². The van der Waals surface area contributed by atoms with E-state index in [2.05, 4.69) is 65.8 Å². The first-order chi connectivity index (χ1) is 33.3. The zero-order valence-corrected chi connectivity index (χ0v) is 43.6. The molecule has 14 heteroatoms. The van der Waals surface area contributed by atoms with Crippen molar-refractivity contribution in [2.24, 2.45) is 0 Å². The maximum atomic E-state index is 14.5. The lowest BCUT2D eigenvalue weighted by Gasteiger charge is -2.41. The highest BCUT2D eigenvalue weighted by atomic mass is 16.7. The number of hydrogen-bond donors (Lipinski definition) is 2. The van der Waals surface area contributed by atoms with Crippen molar-refractivity contribution in [3.63, 3.8) is 0 Å². The van der Waals surface area contributed by atoms with Gasteiger partial charge in [-0.2, -0.15) is 0 Å². The quantitative estimate of drug-likeness (QED) is 0.0583. The lowest BCUT2D eigenvalue weighted by Crippen LogP contribution is -2.49. The molecule has 0 unspecified atom stereocenters. The Morgan fingerprint density at radius 1 is 0.700 bits per heavy atom. The molecule has 2 aromatic rings. The molecule has 0 aromatic heterocycles. The molecule has 4 aliphatic heterocycles. The Hall–Kier alpha value is -5.15. The largest absolute Gasteiger partial charge is 0.484 e.